The van der Waals surface area contributed by atoms with E-state index in [9.17, 15) is 19.6 Å². The first-order valence-electron chi connectivity index (χ1n) is 7.31. The Bertz CT molecular complexity index is 502. The zero-order chi connectivity index (χ0) is 15.3. The van der Waals surface area contributed by atoms with E-state index in [0.717, 1.165) is 31.7 Å². The molecule has 1 aromatic rings. The first-order valence-corrected chi connectivity index (χ1v) is 7.31. The molecule has 0 bridgehead atoms. The van der Waals surface area contributed by atoms with E-state index in [2.05, 4.69) is 5.32 Å². The number of nitro benzene ring substituents is 1. The van der Waals surface area contributed by atoms with E-state index in [1.54, 1.807) is 6.07 Å². The van der Waals surface area contributed by atoms with Crippen molar-refractivity contribution in [3.8, 4) is 0 Å². The summed E-state index contributed by atoms with van der Waals surface area (Å²) in [5.41, 5.74) is -0.341. The summed E-state index contributed by atoms with van der Waals surface area (Å²) in [6.45, 7) is 0.957. The van der Waals surface area contributed by atoms with Crippen LogP contribution < -0.4 is 5.32 Å². The minimum Gasteiger partial charge on any atom is -0.396 e. The van der Waals surface area contributed by atoms with Gasteiger partial charge < -0.3 is 10.4 Å². The standard InChI is InChI=1S/C15H21FN2O3/c16-14-12(5-4-6-13(14)18(20)21)9-17-10-15(11-19)7-2-1-3-8-15/h4-6,17,19H,1-3,7-11H2. The first kappa shape index (κ1) is 15.9. The third kappa shape index (κ3) is 3.77. The molecule has 5 nitrogen and oxygen atoms in total. The average Bonchev–Trinajstić information content (AvgIpc) is 2.49. The van der Waals surface area contributed by atoms with Crippen molar-refractivity contribution in [2.45, 2.75) is 38.6 Å². The van der Waals surface area contributed by atoms with Crippen LogP contribution in [-0.4, -0.2) is 23.2 Å². The van der Waals surface area contributed by atoms with Gasteiger partial charge in [0, 0.05) is 36.7 Å². The second-order valence-electron chi connectivity index (χ2n) is 5.83. The Hall–Kier alpha value is -1.53. The maximum atomic E-state index is 13.9. The highest BCUT2D eigenvalue weighted by atomic mass is 19.1. The van der Waals surface area contributed by atoms with Gasteiger partial charge in [0.25, 0.3) is 0 Å². The number of hydrogen-bond donors (Lipinski definition) is 2. The smallest absolute Gasteiger partial charge is 0.305 e. The molecular formula is C15H21FN2O3. The summed E-state index contributed by atoms with van der Waals surface area (Å²) >= 11 is 0. The molecule has 1 aromatic carbocycles. The largest absolute Gasteiger partial charge is 0.396 e. The third-order valence-electron chi connectivity index (χ3n) is 4.32. The maximum Gasteiger partial charge on any atom is 0.305 e. The fraction of sp³-hybridized carbons (Fsp3) is 0.600. The lowest BCUT2D eigenvalue weighted by molar-refractivity contribution is -0.387. The normalized spacial score (nSPS) is 17.6. The molecule has 1 saturated carbocycles. The summed E-state index contributed by atoms with van der Waals surface area (Å²) in [7, 11) is 0. The number of rotatable bonds is 6. The van der Waals surface area contributed by atoms with Gasteiger partial charge in [-0.3, -0.25) is 10.1 Å². The van der Waals surface area contributed by atoms with Gasteiger partial charge in [-0.05, 0) is 12.8 Å². The minimum atomic E-state index is -0.781. The highest BCUT2D eigenvalue weighted by Gasteiger charge is 2.31. The maximum absolute atomic E-state index is 13.9. The SMILES string of the molecule is O=[N+]([O-])c1cccc(CNCC2(CO)CCCCC2)c1F. The fourth-order valence-electron chi connectivity index (χ4n) is 3.00. The Morgan fingerprint density at radius 2 is 2.05 bits per heavy atom. The van der Waals surface area contributed by atoms with Gasteiger partial charge in [-0.25, -0.2) is 0 Å². The molecule has 21 heavy (non-hydrogen) atoms. The summed E-state index contributed by atoms with van der Waals surface area (Å²) in [6, 6.07) is 4.19. The fourth-order valence-corrected chi connectivity index (χ4v) is 3.00. The topological polar surface area (TPSA) is 75.4 Å². The molecule has 0 spiro atoms. The molecule has 0 aromatic heterocycles. The molecule has 0 radical (unpaired) electrons. The molecule has 1 aliphatic rings. The number of hydrogen-bond acceptors (Lipinski definition) is 4. The van der Waals surface area contributed by atoms with Gasteiger partial charge in [0.1, 0.15) is 0 Å². The molecule has 0 amide bonds. The second-order valence-corrected chi connectivity index (χ2v) is 5.83. The molecule has 0 heterocycles. The average molecular weight is 296 g/mol. The van der Waals surface area contributed by atoms with E-state index < -0.39 is 16.4 Å². The molecular weight excluding hydrogens is 275 g/mol. The van der Waals surface area contributed by atoms with Gasteiger partial charge in [0.15, 0.2) is 0 Å². The van der Waals surface area contributed by atoms with Crippen LogP contribution in [0.4, 0.5) is 10.1 Å². The lowest BCUT2D eigenvalue weighted by Crippen LogP contribution is -2.38. The second kappa shape index (κ2) is 6.95. The van der Waals surface area contributed by atoms with Crippen molar-refractivity contribution in [2.24, 2.45) is 5.41 Å². The van der Waals surface area contributed by atoms with Crippen LogP contribution in [0.15, 0.2) is 18.2 Å². The van der Waals surface area contributed by atoms with Crippen LogP contribution in [0.3, 0.4) is 0 Å². The van der Waals surface area contributed by atoms with Crippen LogP contribution in [0.25, 0.3) is 0 Å². The van der Waals surface area contributed by atoms with E-state index in [1.165, 1.54) is 12.5 Å². The van der Waals surface area contributed by atoms with Crippen molar-refractivity contribution >= 4 is 5.69 Å². The lowest BCUT2D eigenvalue weighted by atomic mass is 9.74. The van der Waals surface area contributed by atoms with Gasteiger partial charge in [0.05, 0.1) is 4.92 Å². The Kier molecular flexibility index (Phi) is 5.25. The van der Waals surface area contributed by atoms with E-state index in [-0.39, 0.29) is 24.1 Å². The summed E-state index contributed by atoms with van der Waals surface area (Å²) in [5.74, 6) is -0.781. The van der Waals surface area contributed by atoms with Gasteiger partial charge in [0.2, 0.25) is 5.82 Å². The van der Waals surface area contributed by atoms with Crippen molar-refractivity contribution in [1.82, 2.24) is 5.32 Å². The molecule has 1 aliphatic carbocycles. The molecule has 116 valence electrons. The van der Waals surface area contributed by atoms with Crippen molar-refractivity contribution < 1.29 is 14.4 Å². The Labute approximate surface area is 123 Å². The lowest BCUT2D eigenvalue weighted by Gasteiger charge is -2.35. The van der Waals surface area contributed by atoms with Crippen LogP contribution in [0.2, 0.25) is 0 Å². The summed E-state index contributed by atoms with van der Waals surface area (Å²) in [5, 5.41) is 23.5. The van der Waals surface area contributed by atoms with E-state index >= 15 is 0 Å². The molecule has 6 heteroatoms. The highest BCUT2D eigenvalue weighted by Crippen LogP contribution is 2.35. The number of aliphatic hydroxyl groups excluding tert-OH is 1. The van der Waals surface area contributed by atoms with Crippen LogP contribution >= 0.6 is 0 Å². The quantitative estimate of drug-likeness (QED) is 0.625. The molecule has 1 fully saturated rings. The van der Waals surface area contributed by atoms with Crippen molar-refractivity contribution in [3.05, 3.63) is 39.7 Å². The number of nitrogens with one attached hydrogen (secondary N) is 1. The Morgan fingerprint density at radius 3 is 2.67 bits per heavy atom. The molecule has 0 saturated heterocycles. The van der Waals surface area contributed by atoms with Crippen molar-refractivity contribution in [2.75, 3.05) is 13.2 Å². The predicted octanol–water partition coefficient (Wildman–Crippen LogP) is 2.77. The van der Waals surface area contributed by atoms with Crippen LogP contribution in [0.1, 0.15) is 37.7 Å². The van der Waals surface area contributed by atoms with E-state index in [1.807, 2.05) is 0 Å². The Morgan fingerprint density at radius 1 is 1.33 bits per heavy atom. The zero-order valence-electron chi connectivity index (χ0n) is 12.0. The summed E-state index contributed by atoms with van der Waals surface area (Å²) in [6.07, 6.45) is 5.34. The van der Waals surface area contributed by atoms with Crippen molar-refractivity contribution in [3.63, 3.8) is 0 Å². The van der Waals surface area contributed by atoms with Gasteiger partial charge in [-0.2, -0.15) is 4.39 Å². The van der Waals surface area contributed by atoms with Crippen LogP contribution in [0, 0.1) is 21.3 Å². The molecule has 0 atom stereocenters. The highest BCUT2D eigenvalue weighted by molar-refractivity contribution is 5.36. The molecule has 2 N–H and O–H groups in total. The number of nitrogens with zero attached hydrogens (tertiary/aromatic N) is 1. The number of aliphatic hydroxyl groups is 1. The minimum absolute atomic E-state index is 0.122. The van der Waals surface area contributed by atoms with Gasteiger partial charge in [-0.15, -0.1) is 0 Å². The summed E-state index contributed by atoms with van der Waals surface area (Å²) < 4.78 is 13.9. The first-order chi connectivity index (χ1) is 10.1. The van der Waals surface area contributed by atoms with Crippen LogP contribution in [-0.2, 0) is 6.54 Å². The molecule has 2 rings (SSSR count). The summed E-state index contributed by atoms with van der Waals surface area (Å²) in [4.78, 5) is 9.99. The zero-order valence-corrected chi connectivity index (χ0v) is 12.0. The van der Waals surface area contributed by atoms with Gasteiger partial charge >= 0.3 is 5.69 Å². The third-order valence-corrected chi connectivity index (χ3v) is 4.32. The molecule has 0 unspecified atom stereocenters. The Balaban J connectivity index is 1.97. The van der Waals surface area contributed by atoms with Gasteiger partial charge in [-0.1, -0.05) is 31.4 Å². The van der Waals surface area contributed by atoms with Crippen molar-refractivity contribution in [1.29, 1.82) is 0 Å². The number of nitro groups is 1. The molecule has 0 aliphatic heterocycles. The van der Waals surface area contributed by atoms with E-state index in [4.69, 9.17) is 0 Å². The number of halogens is 1. The monoisotopic (exact) mass is 296 g/mol. The predicted molar refractivity (Wildman–Crippen MR) is 77.4 cm³/mol. The number of benzene rings is 1. The van der Waals surface area contributed by atoms with Crippen LogP contribution in [0.5, 0.6) is 0 Å². The van der Waals surface area contributed by atoms with E-state index in [0.29, 0.717) is 6.54 Å².